The summed E-state index contributed by atoms with van der Waals surface area (Å²) in [5.41, 5.74) is 5.82. The van der Waals surface area contributed by atoms with Crippen molar-refractivity contribution >= 4 is 46.2 Å². The highest BCUT2D eigenvalue weighted by atomic mass is 16.3. The molecule has 4 amide bonds. The zero-order valence-electron chi connectivity index (χ0n) is 26.1. The first-order valence-corrected chi connectivity index (χ1v) is 15.5. The first-order valence-electron chi connectivity index (χ1n) is 15.5. The number of imidazole rings is 1. The van der Waals surface area contributed by atoms with Gasteiger partial charge in [0.25, 0.3) is 17.7 Å². The van der Waals surface area contributed by atoms with Crippen LogP contribution in [0.2, 0.25) is 0 Å². The van der Waals surface area contributed by atoms with Crippen molar-refractivity contribution in [2.24, 2.45) is 16.6 Å². The summed E-state index contributed by atoms with van der Waals surface area (Å²) in [6.07, 6.45) is 8.12. The molecule has 0 radical (unpaired) electrons. The van der Waals surface area contributed by atoms with Gasteiger partial charge in [0.2, 0.25) is 11.7 Å². The van der Waals surface area contributed by atoms with Crippen molar-refractivity contribution in [1.82, 2.24) is 35.2 Å². The fourth-order valence-electron chi connectivity index (χ4n) is 6.27. The van der Waals surface area contributed by atoms with Crippen LogP contribution in [0.25, 0.3) is 11.0 Å². The topological polar surface area (TPSA) is 219 Å². The maximum Gasteiger partial charge on any atom is 0.287 e. The summed E-state index contributed by atoms with van der Waals surface area (Å²) < 4.78 is 1.48. The molecule has 0 bridgehead atoms. The highest BCUT2D eigenvalue weighted by molar-refractivity contribution is 6.41. The summed E-state index contributed by atoms with van der Waals surface area (Å²) >= 11 is 0. The number of nitrogens with one attached hydrogen (secondary N) is 2. The second-order valence-corrected chi connectivity index (χ2v) is 12.7. The number of nitrogens with zero attached hydrogens (tertiary/aromatic N) is 6. The molecule has 244 valence electrons. The number of nitrogens with two attached hydrogens (primary N) is 1. The lowest BCUT2D eigenvalue weighted by molar-refractivity contribution is -0.139. The Balaban J connectivity index is 1.50. The van der Waals surface area contributed by atoms with E-state index in [4.69, 9.17) is 5.73 Å². The van der Waals surface area contributed by atoms with Crippen LogP contribution in [0.15, 0.2) is 35.7 Å². The third kappa shape index (κ3) is 7.03. The number of rotatable bonds is 10. The number of aromatic nitrogens is 5. The highest BCUT2D eigenvalue weighted by Gasteiger charge is 2.44. The molecule has 15 heteroatoms. The Labute approximate surface area is 265 Å². The average molecular weight is 634 g/mol. The molecular weight excluding hydrogens is 594 g/mol. The summed E-state index contributed by atoms with van der Waals surface area (Å²) in [6.45, 7) is 4.46. The van der Waals surface area contributed by atoms with Crippen molar-refractivity contribution in [3.63, 3.8) is 0 Å². The molecule has 1 aliphatic carbocycles. The van der Waals surface area contributed by atoms with Crippen molar-refractivity contribution < 1.29 is 29.1 Å². The third-order valence-corrected chi connectivity index (χ3v) is 8.74. The zero-order chi connectivity index (χ0) is 33.2. The third-order valence-electron chi connectivity index (χ3n) is 8.74. The lowest BCUT2D eigenvalue weighted by Gasteiger charge is -2.27. The van der Waals surface area contributed by atoms with E-state index in [2.05, 4.69) is 30.6 Å². The summed E-state index contributed by atoms with van der Waals surface area (Å²) in [7, 11) is 0. The predicted molar refractivity (Wildman–Crippen MR) is 165 cm³/mol. The smallest absolute Gasteiger partial charge is 0.287 e. The molecule has 3 heterocycles. The van der Waals surface area contributed by atoms with Crippen molar-refractivity contribution in [2.75, 3.05) is 6.54 Å². The van der Waals surface area contributed by atoms with Gasteiger partial charge in [-0.3, -0.25) is 24.0 Å². The second kappa shape index (κ2) is 13.3. The lowest BCUT2D eigenvalue weighted by atomic mass is 9.85. The number of hydrogen-bond acceptors (Lipinski definition) is 9. The fourth-order valence-corrected chi connectivity index (χ4v) is 6.27. The number of amides is 4. The van der Waals surface area contributed by atoms with E-state index in [0.717, 1.165) is 32.1 Å². The van der Waals surface area contributed by atoms with E-state index in [0.29, 0.717) is 16.7 Å². The number of primary amides is 1. The molecule has 1 aromatic carbocycles. The van der Waals surface area contributed by atoms with Crippen molar-refractivity contribution in [3.05, 3.63) is 42.0 Å². The first-order chi connectivity index (χ1) is 21.8. The molecule has 46 heavy (non-hydrogen) atoms. The van der Waals surface area contributed by atoms with Crippen LogP contribution in [0.1, 0.15) is 87.8 Å². The molecule has 1 saturated heterocycles. The van der Waals surface area contributed by atoms with Crippen LogP contribution < -0.4 is 11.1 Å². The van der Waals surface area contributed by atoms with Gasteiger partial charge in [0, 0.05) is 18.5 Å². The summed E-state index contributed by atoms with van der Waals surface area (Å²) in [6, 6.07) is 1.98. The highest BCUT2D eigenvalue weighted by Crippen LogP contribution is 2.33. The monoisotopic (exact) mass is 633 g/mol. The van der Waals surface area contributed by atoms with E-state index in [1.807, 2.05) is 0 Å². The van der Waals surface area contributed by atoms with Crippen molar-refractivity contribution in [2.45, 2.75) is 89.4 Å². The van der Waals surface area contributed by atoms with Crippen LogP contribution in [0.3, 0.4) is 0 Å². The van der Waals surface area contributed by atoms with Crippen molar-refractivity contribution in [1.29, 1.82) is 0 Å². The van der Waals surface area contributed by atoms with Gasteiger partial charge in [-0.05, 0) is 51.3 Å². The molecule has 1 saturated carbocycles. The van der Waals surface area contributed by atoms with Gasteiger partial charge in [-0.25, -0.2) is 14.7 Å². The molecule has 2 fully saturated rings. The minimum Gasteiger partial charge on any atom is -0.384 e. The van der Waals surface area contributed by atoms with E-state index in [1.165, 1.54) is 29.0 Å². The number of carbonyl (C=O) groups is 5. The summed E-state index contributed by atoms with van der Waals surface area (Å²) in [5.74, 6) is -3.93. The molecule has 1 unspecified atom stereocenters. The summed E-state index contributed by atoms with van der Waals surface area (Å²) in [4.78, 5) is 78.0. The molecular formula is C31H39N9O6. The van der Waals surface area contributed by atoms with Crippen LogP contribution in [0, 0.1) is 5.92 Å². The number of ketones is 1. The number of benzene rings is 1. The Hall–Kier alpha value is -4.79. The SMILES string of the molecule is CC(NC(=O)[C@@H]1C[C@H](n2nncc2C(C)(C)O)CN1C(=O)C(CC1CCCCC1)=NC(=O)c1ccc2nc[nH]c2c1)C(=O)C(N)=O. The van der Waals surface area contributed by atoms with Crippen LogP contribution in [-0.2, 0) is 24.8 Å². The molecule has 1 aliphatic heterocycles. The number of Topliss-reactive ketones (excluding diaryl/α,β-unsaturated/α-hetero) is 1. The number of likely N-dealkylation sites (tertiary alicyclic amines) is 1. The Morgan fingerprint density at radius 2 is 1.91 bits per heavy atom. The van der Waals surface area contributed by atoms with Gasteiger partial charge < -0.3 is 26.0 Å². The van der Waals surface area contributed by atoms with Crippen LogP contribution in [0.4, 0.5) is 0 Å². The van der Waals surface area contributed by atoms with Crippen LogP contribution >= 0.6 is 0 Å². The number of H-pyrrole nitrogens is 1. The molecule has 5 N–H and O–H groups in total. The number of carbonyl (C=O) groups excluding carboxylic acids is 5. The van der Waals surface area contributed by atoms with Gasteiger partial charge >= 0.3 is 0 Å². The van der Waals surface area contributed by atoms with E-state index in [9.17, 15) is 29.1 Å². The van der Waals surface area contributed by atoms with E-state index >= 15 is 0 Å². The van der Waals surface area contributed by atoms with Gasteiger partial charge in [-0.15, -0.1) is 5.10 Å². The Bertz CT molecular complexity index is 1680. The van der Waals surface area contributed by atoms with Gasteiger partial charge in [0.15, 0.2) is 0 Å². The maximum absolute atomic E-state index is 14.4. The second-order valence-electron chi connectivity index (χ2n) is 12.7. The largest absolute Gasteiger partial charge is 0.384 e. The van der Waals surface area contributed by atoms with Gasteiger partial charge in [0.1, 0.15) is 17.4 Å². The Kier molecular flexibility index (Phi) is 9.42. The van der Waals surface area contributed by atoms with E-state index in [-0.39, 0.29) is 36.6 Å². The van der Waals surface area contributed by atoms with E-state index in [1.54, 1.807) is 32.0 Å². The quantitative estimate of drug-likeness (QED) is 0.187. The van der Waals surface area contributed by atoms with Gasteiger partial charge in [-0.2, -0.15) is 0 Å². The van der Waals surface area contributed by atoms with Gasteiger partial charge in [0.05, 0.1) is 41.3 Å². The number of aliphatic imine (C=N–C) groups is 1. The summed E-state index contributed by atoms with van der Waals surface area (Å²) in [5, 5.41) is 21.3. The number of hydrogen-bond donors (Lipinski definition) is 4. The minimum atomic E-state index is -1.32. The zero-order valence-corrected chi connectivity index (χ0v) is 26.1. The number of aliphatic hydroxyl groups is 1. The normalized spacial score (nSPS) is 20.1. The maximum atomic E-state index is 14.4. The number of aromatic amines is 1. The fraction of sp³-hybridized carbons (Fsp3) is 0.516. The molecule has 2 aliphatic rings. The minimum absolute atomic E-state index is 0.0144. The van der Waals surface area contributed by atoms with Gasteiger partial charge in [-0.1, -0.05) is 37.3 Å². The standard InChI is InChI=1S/C31H39N9O6/c1-17(26(41)27(32)42)36-29(44)24-13-20(40-25(14-35-38-40)31(2,3)46)15-39(24)30(45)23(11-18-7-5-4-6-8-18)37-28(43)19-9-10-21-22(12-19)34-16-33-21/h9-10,12,14,16-18,20,24,46H,4-8,11,13,15H2,1-3H3,(H2,32,42)(H,33,34)(H,36,44)/t17?,20-,24-/m0/s1. The predicted octanol–water partition coefficient (Wildman–Crippen LogP) is 1.33. The molecule has 0 spiro atoms. The lowest BCUT2D eigenvalue weighted by Crippen LogP contribution is -2.52. The number of fused-ring (bicyclic) bond motifs is 1. The van der Waals surface area contributed by atoms with Crippen molar-refractivity contribution in [3.8, 4) is 0 Å². The average Bonchev–Trinajstić information content (AvgIpc) is 3.79. The molecule has 3 atom stereocenters. The molecule has 5 rings (SSSR count). The molecule has 3 aromatic rings. The molecule has 2 aromatic heterocycles. The Morgan fingerprint density at radius 1 is 1.17 bits per heavy atom. The first kappa shape index (κ1) is 32.6. The van der Waals surface area contributed by atoms with Crippen LogP contribution in [0.5, 0.6) is 0 Å². The van der Waals surface area contributed by atoms with E-state index < -0.39 is 53.1 Å². The Morgan fingerprint density at radius 3 is 2.61 bits per heavy atom. The molecule has 15 nitrogen and oxygen atoms in total. The van der Waals surface area contributed by atoms with Crippen LogP contribution in [-0.4, -0.2) is 88.7 Å².